The summed E-state index contributed by atoms with van der Waals surface area (Å²) in [4.78, 5) is 4.91. The number of unbranched alkanes of at least 4 members (excludes halogenated alkanes) is 2. The first-order valence-corrected chi connectivity index (χ1v) is 11.6. The van der Waals surface area contributed by atoms with Crippen LogP contribution >= 0.6 is 0 Å². The highest BCUT2D eigenvalue weighted by atomic mass is 19.2. The number of halogens is 2. The van der Waals surface area contributed by atoms with Crippen LogP contribution in [-0.4, -0.2) is 49.1 Å². The van der Waals surface area contributed by atoms with Crippen LogP contribution in [0.25, 0.3) is 0 Å². The van der Waals surface area contributed by atoms with Gasteiger partial charge in [0.1, 0.15) is 12.4 Å². The van der Waals surface area contributed by atoms with Gasteiger partial charge in [0.2, 0.25) is 0 Å². The Kier molecular flexibility index (Phi) is 9.01. The molecule has 1 unspecified atom stereocenters. The third-order valence-corrected chi connectivity index (χ3v) is 6.25. The zero-order chi connectivity index (χ0) is 22.9. The summed E-state index contributed by atoms with van der Waals surface area (Å²) in [6.45, 7) is 9.27. The number of nitrogens with zero attached hydrogens (tertiary/aromatic N) is 3. The first-order valence-electron chi connectivity index (χ1n) is 11.6. The highest BCUT2D eigenvalue weighted by Gasteiger charge is 2.25. The highest BCUT2D eigenvalue weighted by Crippen LogP contribution is 2.29. The molecule has 1 heterocycles. The molecule has 172 valence electrons. The summed E-state index contributed by atoms with van der Waals surface area (Å²) in [6, 6.07) is 12.5. The largest absolute Gasteiger partial charge is 0.492 e. The summed E-state index contributed by atoms with van der Waals surface area (Å²) < 4.78 is 31.9. The molecule has 0 aliphatic carbocycles. The van der Waals surface area contributed by atoms with Gasteiger partial charge in [-0.05, 0) is 42.7 Å². The molecule has 0 bridgehead atoms. The van der Waals surface area contributed by atoms with Crippen LogP contribution < -0.4 is 4.74 Å². The Morgan fingerprint density at radius 1 is 1.03 bits per heavy atom. The van der Waals surface area contributed by atoms with Crippen molar-refractivity contribution in [3.8, 4) is 11.8 Å². The maximum absolute atomic E-state index is 13.3. The summed E-state index contributed by atoms with van der Waals surface area (Å²) >= 11 is 0. The van der Waals surface area contributed by atoms with Gasteiger partial charge in [-0.2, -0.15) is 5.26 Å². The van der Waals surface area contributed by atoms with E-state index in [0.717, 1.165) is 62.4 Å². The second-order valence-electron chi connectivity index (χ2n) is 8.50. The molecule has 32 heavy (non-hydrogen) atoms. The Morgan fingerprint density at radius 2 is 1.81 bits per heavy atom. The fourth-order valence-corrected chi connectivity index (χ4v) is 4.33. The first kappa shape index (κ1) is 24.2. The number of aryl methyl sites for hydroxylation is 1. The molecular weight excluding hydrogens is 408 g/mol. The molecule has 4 nitrogen and oxygen atoms in total. The van der Waals surface area contributed by atoms with E-state index in [1.54, 1.807) is 0 Å². The third kappa shape index (κ3) is 6.51. The predicted molar refractivity (Wildman–Crippen MR) is 123 cm³/mol. The summed E-state index contributed by atoms with van der Waals surface area (Å²) in [5.41, 5.74) is 3.08. The van der Waals surface area contributed by atoms with Gasteiger partial charge in [0.25, 0.3) is 0 Å². The fraction of sp³-hybridized carbons (Fsp3) is 0.500. The molecule has 1 saturated heterocycles. The van der Waals surface area contributed by atoms with Gasteiger partial charge in [-0.25, -0.2) is 8.78 Å². The van der Waals surface area contributed by atoms with Crippen molar-refractivity contribution in [2.75, 3.05) is 39.3 Å². The summed E-state index contributed by atoms with van der Waals surface area (Å²) in [7, 11) is 0. The van der Waals surface area contributed by atoms with E-state index < -0.39 is 11.6 Å². The minimum atomic E-state index is -0.886. The van der Waals surface area contributed by atoms with Gasteiger partial charge in [-0.1, -0.05) is 38.3 Å². The Bertz CT molecular complexity index is 920. The molecule has 0 amide bonds. The van der Waals surface area contributed by atoms with E-state index in [9.17, 15) is 14.0 Å². The molecule has 0 spiro atoms. The van der Waals surface area contributed by atoms with Crippen molar-refractivity contribution in [3.63, 3.8) is 0 Å². The van der Waals surface area contributed by atoms with Crippen molar-refractivity contribution >= 4 is 0 Å². The zero-order valence-electron chi connectivity index (χ0n) is 19.1. The maximum atomic E-state index is 13.3. The minimum absolute atomic E-state index is 0.356. The zero-order valence-corrected chi connectivity index (χ0v) is 19.1. The topological polar surface area (TPSA) is 39.5 Å². The normalized spacial score (nSPS) is 16.0. The Labute approximate surface area is 190 Å². The molecule has 0 radical (unpaired) electrons. The number of hydrogen-bond donors (Lipinski definition) is 0. The van der Waals surface area contributed by atoms with Crippen LogP contribution in [0.1, 0.15) is 55.3 Å². The van der Waals surface area contributed by atoms with Gasteiger partial charge in [-0.15, -0.1) is 0 Å². The van der Waals surface area contributed by atoms with Gasteiger partial charge in [-0.3, -0.25) is 9.80 Å². The average molecular weight is 442 g/mol. The lowest BCUT2D eigenvalue weighted by molar-refractivity contribution is 0.0817. The van der Waals surface area contributed by atoms with E-state index in [-0.39, 0.29) is 0 Å². The van der Waals surface area contributed by atoms with Crippen LogP contribution in [0.15, 0.2) is 36.4 Å². The molecule has 1 aliphatic rings. The lowest BCUT2D eigenvalue weighted by atomic mass is 9.95. The molecule has 2 aromatic rings. The van der Waals surface area contributed by atoms with Crippen LogP contribution in [0, 0.1) is 29.9 Å². The summed E-state index contributed by atoms with van der Waals surface area (Å²) in [5.74, 6) is -1.39. The average Bonchev–Trinajstić information content (AvgIpc) is 2.80. The van der Waals surface area contributed by atoms with Gasteiger partial charge < -0.3 is 4.74 Å². The van der Waals surface area contributed by atoms with Crippen LogP contribution in [0.4, 0.5) is 8.78 Å². The number of nitriles is 1. The van der Waals surface area contributed by atoms with E-state index in [1.165, 1.54) is 30.9 Å². The lowest BCUT2D eigenvalue weighted by Crippen LogP contribution is -2.48. The molecule has 1 atom stereocenters. The Hall–Kier alpha value is -2.49. The molecule has 1 aliphatic heterocycles. The van der Waals surface area contributed by atoms with E-state index in [1.807, 2.05) is 13.0 Å². The second kappa shape index (κ2) is 11.9. The molecule has 6 heteroatoms. The Balaban J connectivity index is 1.54. The standard InChI is InChI=1S/C26H33F2N3O/c1-3-4-5-6-26(21-7-8-22(19-29)20(2)17-21)31-13-11-30(12-14-31)15-16-32-23-9-10-24(27)25(28)18-23/h7-10,17-18,26H,3-6,11-16H2,1-2H3. The fourth-order valence-electron chi connectivity index (χ4n) is 4.33. The summed E-state index contributed by atoms with van der Waals surface area (Å²) in [6.07, 6.45) is 4.75. The molecule has 2 aromatic carbocycles. The highest BCUT2D eigenvalue weighted by molar-refractivity contribution is 5.40. The first-order chi connectivity index (χ1) is 15.5. The van der Waals surface area contributed by atoms with E-state index in [4.69, 9.17) is 4.74 Å². The summed E-state index contributed by atoms with van der Waals surface area (Å²) in [5, 5.41) is 9.26. The third-order valence-electron chi connectivity index (χ3n) is 6.25. The van der Waals surface area contributed by atoms with Crippen LogP contribution in [-0.2, 0) is 0 Å². The molecule has 0 saturated carbocycles. The quantitative estimate of drug-likeness (QED) is 0.459. The lowest BCUT2D eigenvalue weighted by Gasteiger charge is -2.39. The van der Waals surface area contributed by atoms with Crippen LogP contribution in [0.3, 0.4) is 0 Å². The number of ether oxygens (including phenoxy) is 1. The van der Waals surface area contributed by atoms with Gasteiger partial charge in [0.15, 0.2) is 11.6 Å². The van der Waals surface area contributed by atoms with Gasteiger partial charge in [0.05, 0.1) is 11.6 Å². The van der Waals surface area contributed by atoms with E-state index in [2.05, 4.69) is 34.9 Å². The van der Waals surface area contributed by atoms with Crippen molar-refractivity contribution in [1.82, 2.24) is 9.80 Å². The van der Waals surface area contributed by atoms with Crippen molar-refractivity contribution in [2.24, 2.45) is 0 Å². The van der Waals surface area contributed by atoms with Crippen molar-refractivity contribution in [2.45, 2.75) is 45.6 Å². The van der Waals surface area contributed by atoms with Gasteiger partial charge >= 0.3 is 0 Å². The second-order valence-corrected chi connectivity index (χ2v) is 8.50. The molecule has 0 aromatic heterocycles. The smallest absolute Gasteiger partial charge is 0.162 e. The minimum Gasteiger partial charge on any atom is -0.492 e. The number of piperazine rings is 1. The number of hydrogen-bond acceptors (Lipinski definition) is 4. The van der Waals surface area contributed by atoms with Crippen molar-refractivity contribution in [3.05, 3.63) is 64.7 Å². The molecule has 1 fully saturated rings. The number of benzene rings is 2. The number of rotatable bonds is 10. The monoisotopic (exact) mass is 441 g/mol. The van der Waals surface area contributed by atoms with E-state index >= 15 is 0 Å². The van der Waals surface area contributed by atoms with Crippen LogP contribution in [0.5, 0.6) is 5.75 Å². The van der Waals surface area contributed by atoms with Crippen molar-refractivity contribution < 1.29 is 13.5 Å². The SMILES string of the molecule is CCCCCC(c1ccc(C#N)c(C)c1)N1CCN(CCOc2ccc(F)c(F)c2)CC1. The van der Waals surface area contributed by atoms with Crippen molar-refractivity contribution in [1.29, 1.82) is 5.26 Å². The molecular formula is C26H33F2N3O. The van der Waals surface area contributed by atoms with Gasteiger partial charge in [0, 0.05) is 44.8 Å². The predicted octanol–water partition coefficient (Wildman–Crippen LogP) is 5.46. The van der Waals surface area contributed by atoms with Crippen LogP contribution in [0.2, 0.25) is 0 Å². The molecule has 3 rings (SSSR count). The maximum Gasteiger partial charge on any atom is 0.162 e. The molecule has 0 N–H and O–H groups in total. The van der Waals surface area contributed by atoms with E-state index in [0.29, 0.717) is 18.4 Å². The Morgan fingerprint density at radius 3 is 2.47 bits per heavy atom.